The second-order valence-electron chi connectivity index (χ2n) is 6.11. The van der Waals surface area contributed by atoms with Gasteiger partial charge < -0.3 is 4.74 Å². The second-order valence-corrected chi connectivity index (χ2v) is 7.31. The van der Waals surface area contributed by atoms with Crippen molar-refractivity contribution in [3.05, 3.63) is 81.9 Å². The standard InChI is InChI=1S/C21H16Cl2N2O3S/c1-2-8-25-20(27)15(19(26)24-21(25)29)9-14-10-16(22)18(17(23)11-14)28-12-13-6-4-3-5-7-13/h2-7,9-11H,1,8,12H2,(H,24,26,29)/b15-9+. The largest absolute Gasteiger partial charge is 0.486 e. The molecule has 1 saturated heterocycles. The molecule has 0 aliphatic carbocycles. The molecule has 2 aromatic rings. The Kier molecular flexibility index (Phi) is 6.69. The lowest BCUT2D eigenvalue weighted by Gasteiger charge is -2.27. The van der Waals surface area contributed by atoms with E-state index in [4.69, 9.17) is 40.2 Å². The number of ether oxygens (including phenoxy) is 1. The third kappa shape index (κ3) is 4.85. The minimum Gasteiger partial charge on any atom is -0.486 e. The Morgan fingerprint density at radius 1 is 1.14 bits per heavy atom. The topological polar surface area (TPSA) is 58.6 Å². The fourth-order valence-electron chi connectivity index (χ4n) is 2.69. The number of carbonyl (C=O) groups is 2. The second kappa shape index (κ2) is 9.22. The van der Waals surface area contributed by atoms with Crippen LogP contribution in [0.2, 0.25) is 10.0 Å². The van der Waals surface area contributed by atoms with Crippen LogP contribution in [-0.2, 0) is 16.2 Å². The first-order valence-corrected chi connectivity index (χ1v) is 9.72. The molecule has 0 aromatic heterocycles. The fraction of sp³-hybridized carbons (Fsp3) is 0.0952. The summed E-state index contributed by atoms with van der Waals surface area (Å²) in [6, 6.07) is 12.7. The molecule has 0 unspecified atom stereocenters. The van der Waals surface area contributed by atoms with E-state index in [2.05, 4.69) is 11.9 Å². The molecule has 5 nitrogen and oxygen atoms in total. The Morgan fingerprint density at radius 3 is 2.41 bits per heavy atom. The zero-order valence-corrected chi connectivity index (χ0v) is 17.5. The summed E-state index contributed by atoms with van der Waals surface area (Å²) in [4.78, 5) is 26.1. The van der Waals surface area contributed by atoms with Crippen LogP contribution in [0.15, 0.2) is 60.7 Å². The molecule has 2 amide bonds. The van der Waals surface area contributed by atoms with Crippen molar-refractivity contribution in [3.63, 3.8) is 0 Å². The van der Waals surface area contributed by atoms with Crippen LogP contribution < -0.4 is 10.1 Å². The van der Waals surface area contributed by atoms with Crippen LogP contribution >= 0.6 is 35.4 Å². The van der Waals surface area contributed by atoms with Gasteiger partial charge in [0.1, 0.15) is 12.2 Å². The summed E-state index contributed by atoms with van der Waals surface area (Å²) in [5.74, 6) is -0.777. The highest BCUT2D eigenvalue weighted by Crippen LogP contribution is 2.35. The molecule has 0 spiro atoms. The predicted octanol–water partition coefficient (Wildman–Crippen LogP) is 4.39. The normalized spacial score (nSPS) is 15.4. The van der Waals surface area contributed by atoms with Crippen molar-refractivity contribution < 1.29 is 14.3 Å². The number of hydrogen-bond acceptors (Lipinski definition) is 4. The molecule has 1 heterocycles. The van der Waals surface area contributed by atoms with Crippen LogP contribution in [0.5, 0.6) is 5.75 Å². The smallest absolute Gasteiger partial charge is 0.265 e. The first-order valence-electron chi connectivity index (χ1n) is 8.56. The number of nitrogens with zero attached hydrogens (tertiary/aromatic N) is 1. The van der Waals surface area contributed by atoms with Crippen LogP contribution in [0, 0.1) is 0 Å². The zero-order valence-electron chi connectivity index (χ0n) is 15.2. The van der Waals surface area contributed by atoms with E-state index in [1.165, 1.54) is 17.1 Å². The summed E-state index contributed by atoms with van der Waals surface area (Å²) in [5.41, 5.74) is 1.37. The van der Waals surface area contributed by atoms with Gasteiger partial charge in [-0.3, -0.25) is 19.8 Å². The first-order chi connectivity index (χ1) is 13.9. The maximum absolute atomic E-state index is 12.6. The number of nitrogens with one attached hydrogen (secondary N) is 1. The minimum atomic E-state index is -0.586. The number of hydrogen-bond donors (Lipinski definition) is 1. The fourth-order valence-corrected chi connectivity index (χ4v) is 3.55. The minimum absolute atomic E-state index is 0.0396. The van der Waals surface area contributed by atoms with Gasteiger partial charge in [0, 0.05) is 6.54 Å². The molecule has 1 fully saturated rings. The molecule has 2 aromatic carbocycles. The van der Waals surface area contributed by atoms with Gasteiger partial charge in [-0.15, -0.1) is 6.58 Å². The maximum atomic E-state index is 12.6. The predicted molar refractivity (Wildman–Crippen MR) is 118 cm³/mol. The van der Waals surface area contributed by atoms with Crippen LogP contribution in [0.1, 0.15) is 11.1 Å². The molecular formula is C21H16Cl2N2O3S. The summed E-state index contributed by atoms with van der Waals surface area (Å²) in [6.45, 7) is 4.07. The average molecular weight is 447 g/mol. The van der Waals surface area contributed by atoms with Crippen molar-refractivity contribution in [1.82, 2.24) is 10.2 Å². The first kappa shape index (κ1) is 21.0. The monoisotopic (exact) mass is 446 g/mol. The summed E-state index contributed by atoms with van der Waals surface area (Å²) >= 11 is 17.7. The molecule has 0 atom stereocenters. The Morgan fingerprint density at radius 2 is 1.79 bits per heavy atom. The molecule has 8 heteroatoms. The number of rotatable bonds is 6. The lowest BCUT2D eigenvalue weighted by Crippen LogP contribution is -2.53. The van der Waals surface area contributed by atoms with Crippen molar-refractivity contribution >= 4 is 58.4 Å². The van der Waals surface area contributed by atoms with Crippen molar-refractivity contribution in [2.75, 3.05) is 6.54 Å². The number of halogens is 2. The lowest BCUT2D eigenvalue weighted by atomic mass is 10.1. The highest BCUT2D eigenvalue weighted by Gasteiger charge is 2.32. The molecule has 0 radical (unpaired) electrons. The highest BCUT2D eigenvalue weighted by molar-refractivity contribution is 7.80. The third-order valence-electron chi connectivity index (χ3n) is 4.06. The number of thiocarbonyl (C=S) groups is 1. The quantitative estimate of drug-likeness (QED) is 0.309. The van der Waals surface area contributed by atoms with Gasteiger partial charge in [-0.2, -0.15) is 0 Å². The summed E-state index contributed by atoms with van der Waals surface area (Å²) in [7, 11) is 0. The van der Waals surface area contributed by atoms with Gasteiger partial charge in [0.15, 0.2) is 10.9 Å². The summed E-state index contributed by atoms with van der Waals surface area (Å²) in [6.07, 6.45) is 2.93. The zero-order chi connectivity index (χ0) is 21.0. The van der Waals surface area contributed by atoms with Gasteiger partial charge in [-0.05, 0) is 41.6 Å². The molecule has 1 aliphatic rings. The number of amides is 2. The van der Waals surface area contributed by atoms with Crippen LogP contribution in [-0.4, -0.2) is 28.4 Å². The van der Waals surface area contributed by atoms with Gasteiger partial charge in [0.2, 0.25) is 0 Å². The van der Waals surface area contributed by atoms with Gasteiger partial charge in [-0.25, -0.2) is 0 Å². The SMILES string of the molecule is C=CCN1C(=O)/C(=C/c2cc(Cl)c(OCc3ccccc3)c(Cl)c2)C(=O)NC1=S. The van der Waals surface area contributed by atoms with E-state index < -0.39 is 11.8 Å². The van der Waals surface area contributed by atoms with E-state index in [1.807, 2.05) is 30.3 Å². The van der Waals surface area contributed by atoms with Crippen LogP contribution in [0.4, 0.5) is 0 Å². The molecular weight excluding hydrogens is 431 g/mol. The average Bonchev–Trinajstić information content (AvgIpc) is 2.68. The molecule has 0 bridgehead atoms. The van der Waals surface area contributed by atoms with Gasteiger partial charge in [0.05, 0.1) is 10.0 Å². The molecule has 3 rings (SSSR count). The van der Waals surface area contributed by atoms with E-state index >= 15 is 0 Å². The van der Waals surface area contributed by atoms with E-state index in [9.17, 15) is 9.59 Å². The van der Waals surface area contributed by atoms with Gasteiger partial charge >= 0.3 is 0 Å². The summed E-state index contributed by atoms with van der Waals surface area (Å²) < 4.78 is 5.74. The molecule has 1 N–H and O–H groups in total. The van der Waals surface area contributed by atoms with Gasteiger partial charge in [0.25, 0.3) is 11.8 Å². The number of carbonyl (C=O) groups excluding carboxylic acids is 2. The van der Waals surface area contributed by atoms with E-state index in [0.717, 1.165) is 5.56 Å². The molecule has 148 valence electrons. The summed E-state index contributed by atoms with van der Waals surface area (Å²) in [5, 5.41) is 3.06. The van der Waals surface area contributed by atoms with Crippen molar-refractivity contribution in [3.8, 4) is 5.75 Å². The van der Waals surface area contributed by atoms with E-state index in [0.29, 0.717) is 17.9 Å². The van der Waals surface area contributed by atoms with Crippen LogP contribution in [0.25, 0.3) is 6.08 Å². The lowest BCUT2D eigenvalue weighted by molar-refractivity contribution is -0.128. The van der Waals surface area contributed by atoms with Crippen molar-refractivity contribution in [2.45, 2.75) is 6.61 Å². The molecule has 1 aliphatic heterocycles. The Bertz CT molecular complexity index is 999. The molecule has 29 heavy (non-hydrogen) atoms. The molecule has 0 saturated carbocycles. The van der Waals surface area contributed by atoms with Crippen LogP contribution in [0.3, 0.4) is 0 Å². The maximum Gasteiger partial charge on any atom is 0.265 e. The van der Waals surface area contributed by atoms with Crippen molar-refractivity contribution in [1.29, 1.82) is 0 Å². The third-order valence-corrected chi connectivity index (χ3v) is 4.94. The highest BCUT2D eigenvalue weighted by atomic mass is 35.5. The van der Waals surface area contributed by atoms with E-state index in [-0.39, 0.29) is 27.3 Å². The van der Waals surface area contributed by atoms with Crippen molar-refractivity contribution in [2.24, 2.45) is 0 Å². The number of benzene rings is 2. The van der Waals surface area contributed by atoms with E-state index in [1.54, 1.807) is 12.1 Å². The Balaban J connectivity index is 1.85. The Hall–Kier alpha value is -2.67. The van der Waals surface area contributed by atoms with Gasteiger partial charge in [-0.1, -0.05) is 59.6 Å². The Labute approximate surface area is 183 Å².